The fourth-order valence-corrected chi connectivity index (χ4v) is 5.19. The van der Waals surface area contributed by atoms with Crippen molar-refractivity contribution in [3.63, 3.8) is 0 Å². The molecular weight excluding hydrogens is 356 g/mol. The van der Waals surface area contributed by atoms with Gasteiger partial charge in [0, 0.05) is 5.39 Å². The Morgan fingerprint density at radius 2 is 1.28 bits per heavy atom. The van der Waals surface area contributed by atoms with Crippen molar-refractivity contribution >= 4 is 64.8 Å². The fraction of sp³-hybridized carbons (Fsp3) is 0. The van der Waals surface area contributed by atoms with Gasteiger partial charge in [0.15, 0.2) is 0 Å². The molecule has 0 spiro atoms. The quantitative estimate of drug-likeness (QED) is 0.237. The van der Waals surface area contributed by atoms with Gasteiger partial charge in [-0.15, -0.1) is 0 Å². The van der Waals surface area contributed by atoms with Crippen LogP contribution in [0.1, 0.15) is 0 Å². The molecule has 5 aromatic rings. The minimum absolute atomic E-state index is 0.0264. The summed E-state index contributed by atoms with van der Waals surface area (Å²) in [5.41, 5.74) is 0. The van der Waals surface area contributed by atoms with Crippen LogP contribution in [0.2, 0.25) is 5.02 Å². The highest BCUT2D eigenvalue weighted by molar-refractivity contribution is 7.86. The Balaban J connectivity index is 2.31. The highest BCUT2D eigenvalue weighted by atomic mass is 35.5. The van der Waals surface area contributed by atoms with E-state index in [1.807, 2.05) is 54.6 Å². The Bertz CT molecular complexity index is 1420. The maximum Gasteiger partial charge on any atom is 0.296 e. The van der Waals surface area contributed by atoms with Crippen LogP contribution in [0, 0.1) is 0 Å². The summed E-state index contributed by atoms with van der Waals surface area (Å²) in [5.74, 6) is 0. The number of halogens is 1. The first kappa shape index (κ1) is 14.9. The van der Waals surface area contributed by atoms with Gasteiger partial charge in [-0.05, 0) is 43.8 Å². The topological polar surface area (TPSA) is 54.4 Å². The molecule has 0 saturated carbocycles. The van der Waals surface area contributed by atoms with Crippen LogP contribution in [0.3, 0.4) is 0 Å². The van der Waals surface area contributed by atoms with Crippen LogP contribution in [0.4, 0.5) is 0 Å². The monoisotopic (exact) mass is 366 g/mol. The van der Waals surface area contributed by atoms with E-state index in [0.717, 1.165) is 37.7 Å². The van der Waals surface area contributed by atoms with Gasteiger partial charge < -0.3 is 0 Å². The predicted octanol–water partition coefficient (Wildman–Crippen LogP) is 5.64. The molecule has 0 aliphatic carbocycles. The largest absolute Gasteiger partial charge is 0.296 e. The van der Waals surface area contributed by atoms with Crippen molar-refractivity contribution in [3.05, 3.63) is 65.7 Å². The molecule has 5 heteroatoms. The molecule has 25 heavy (non-hydrogen) atoms. The number of benzene rings is 5. The summed E-state index contributed by atoms with van der Waals surface area (Å²) in [7, 11) is -4.48. The number of rotatable bonds is 1. The second-order valence-corrected chi connectivity index (χ2v) is 7.92. The van der Waals surface area contributed by atoms with Crippen LogP contribution in [0.25, 0.3) is 43.1 Å². The first-order valence-corrected chi connectivity index (χ1v) is 9.54. The van der Waals surface area contributed by atoms with Crippen LogP contribution in [0.15, 0.2) is 65.6 Å². The van der Waals surface area contributed by atoms with Crippen LogP contribution < -0.4 is 0 Å². The maximum atomic E-state index is 12.1. The van der Waals surface area contributed by atoms with Gasteiger partial charge in [-0.3, -0.25) is 4.55 Å². The molecule has 0 amide bonds. The summed E-state index contributed by atoms with van der Waals surface area (Å²) in [4.78, 5) is -0.226. The third-order valence-corrected chi connectivity index (χ3v) is 6.15. The smallest absolute Gasteiger partial charge is 0.282 e. The Labute approximate surface area is 148 Å². The van der Waals surface area contributed by atoms with Gasteiger partial charge in [0.2, 0.25) is 0 Å². The van der Waals surface area contributed by atoms with Gasteiger partial charge >= 0.3 is 0 Å². The third kappa shape index (κ3) is 1.93. The molecule has 3 nitrogen and oxygen atoms in total. The summed E-state index contributed by atoms with van der Waals surface area (Å²) < 4.78 is 34.1. The van der Waals surface area contributed by atoms with Gasteiger partial charge in [0.25, 0.3) is 10.1 Å². The van der Waals surface area contributed by atoms with Crippen molar-refractivity contribution in [2.45, 2.75) is 4.90 Å². The molecule has 5 aromatic carbocycles. The van der Waals surface area contributed by atoms with Crippen molar-refractivity contribution in [2.75, 3.05) is 0 Å². The van der Waals surface area contributed by atoms with E-state index in [0.29, 0.717) is 5.39 Å². The van der Waals surface area contributed by atoms with E-state index in [-0.39, 0.29) is 9.92 Å². The lowest BCUT2D eigenvalue weighted by Gasteiger charge is -2.17. The number of fused-ring (bicyclic) bond motifs is 2. The van der Waals surface area contributed by atoms with Crippen LogP contribution in [-0.4, -0.2) is 13.0 Å². The summed E-state index contributed by atoms with van der Waals surface area (Å²) >= 11 is 6.27. The highest BCUT2D eigenvalue weighted by Gasteiger charge is 2.24. The molecule has 0 aromatic heterocycles. The molecule has 0 saturated heterocycles. The summed E-state index contributed by atoms with van der Waals surface area (Å²) in [6, 6.07) is 19.2. The fourth-order valence-electron chi connectivity index (χ4n) is 3.91. The third-order valence-electron chi connectivity index (χ3n) is 4.80. The lowest BCUT2D eigenvalue weighted by Crippen LogP contribution is -2.02. The van der Waals surface area contributed by atoms with Crippen molar-refractivity contribution in [3.8, 4) is 0 Å². The average Bonchev–Trinajstić information content (AvgIpc) is 2.57. The molecule has 0 aliphatic rings. The number of hydrogen-bond acceptors (Lipinski definition) is 2. The van der Waals surface area contributed by atoms with E-state index >= 15 is 0 Å². The Morgan fingerprint density at radius 1 is 0.720 bits per heavy atom. The Hall–Kier alpha value is -2.40. The summed E-state index contributed by atoms with van der Waals surface area (Å²) in [6.07, 6.45) is 0. The van der Waals surface area contributed by atoms with Crippen molar-refractivity contribution in [2.24, 2.45) is 0 Å². The second kappa shape index (κ2) is 4.82. The minimum atomic E-state index is -4.48. The molecule has 5 rings (SSSR count). The van der Waals surface area contributed by atoms with E-state index in [2.05, 4.69) is 0 Å². The predicted molar refractivity (Wildman–Crippen MR) is 102 cm³/mol. The van der Waals surface area contributed by atoms with E-state index in [4.69, 9.17) is 11.6 Å². The average molecular weight is 367 g/mol. The molecule has 0 fully saturated rings. The lowest BCUT2D eigenvalue weighted by molar-refractivity contribution is 0.484. The first-order valence-electron chi connectivity index (χ1n) is 7.72. The molecule has 122 valence electrons. The van der Waals surface area contributed by atoms with Crippen molar-refractivity contribution in [1.29, 1.82) is 0 Å². The first-order chi connectivity index (χ1) is 12.0. The minimum Gasteiger partial charge on any atom is -0.282 e. The van der Waals surface area contributed by atoms with Gasteiger partial charge in [-0.25, -0.2) is 0 Å². The zero-order valence-electron chi connectivity index (χ0n) is 12.8. The molecular formula is C20H11ClO3S. The van der Waals surface area contributed by atoms with Crippen LogP contribution in [0.5, 0.6) is 0 Å². The van der Waals surface area contributed by atoms with Gasteiger partial charge in [-0.2, -0.15) is 8.42 Å². The second-order valence-electron chi connectivity index (χ2n) is 6.15. The maximum absolute atomic E-state index is 12.1. The van der Waals surface area contributed by atoms with E-state index in [1.165, 1.54) is 0 Å². The zero-order chi connectivity index (χ0) is 17.3. The molecule has 1 N–H and O–H groups in total. The van der Waals surface area contributed by atoms with E-state index < -0.39 is 10.1 Å². The molecule has 0 atom stereocenters. The standard InChI is InChI=1S/C20H11ClO3S/c21-16-10-12-6-3-8-14-13-7-1-4-11-5-2-9-15(17(11)13)19(18(12)14)20(16)25(22,23)24/h1-10H,(H,22,23,24). The van der Waals surface area contributed by atoms with Gasteiger partial charge in [-0.1, -0.05) is 66.2 Å². The lowest BCUT2D eigenvalue weighted by atomic mass is 9.90. The molecule has 0 heterocycles. The molecule has 0 bridgehead atoms. The summed E-state index contributed by atoms with van der Waals surface area (Å²) in [5, 5.41) is 6.89. The van der Waals surface area contributed by atoms with Crippen molar-refractivity contribution in [1.82, 2.24) is 0 Å². The number of hydrogen-bond donors (Lipinski definition) is 1. The molecule has 0 radical (unpaired) electrons. The van der Waals surface area contributed by atoms with Crippen molar-refractivity contribution < 1.29 is 13.0 Å². The summed E-state index contributed by atoms with van der Waals surface area (Å²) in [6.45, 7) is 0. The van der Waals surface area contributed by atoms with E-state index in [1.54, 1.807) is 6.07 Å². The van der Waals surface area contributed by atoms with Gasteiger partial charge in [0.1, 0.15) is 4.90 Å². The van der Waals surface area contributed by atoms with Gasteiger partial charge in [0.05, 0.1) is 5.02 Å². The molecule has 0 aliphatic heterocycles. The normalized spacial score (nSPS) is 12.7. The van der Waals surface area contributed by atoms with E-state index in [9.17, 15) is 13.0 Å². The Kier molecular flexibility index (Phi) is 2.87. The Morgan fingerprint density at radius 3 is 1.92 bits per heavy atom. The van der Waals surface area contributed by atoms with Crippen LogP contribution >= 0.6 is 11.6 Å². The highest BCUT2D eigenvalue weighted by Crippen LogP contribution is 2.44. The van der Waals surface area contributed by atoms with Crippen LogP contribution in [-0.2, 0) is 10.1 Å². The molecule has 0 unspecified atom stereocenters. The zero-order valence-corrected chi connectivity index (χ0v) is 14.4. The SMILES string of the molecule is O=S(=O)(O)c1c(Cl)cc2cccc3c4cccc5cccc(c1c23)c54.